The van der Waals surface area contributed by atoms with E-state index >= 15 is 0 Å². The van der Waals surface area contributed by atoms with Crippen molar-refractivity contribution in [2.24, 2.45) is 0 Å². The lowest BCUT2D eigenvalue weighted by molar-refractivity contribution is 0.0616. The van der Waals surface area contributed by atoms with Crippen molar-refractivity contribution in [3.63, 3.8) is 0 Å². The molecule has 0 bridgehead atoms. The molecule has 0 saturated heterocycles. The van der Waals surface area contributed by atoms with E-state index in [9.17, 15) is 19.2 Å². The fourth-order valence-corrected chi connectivity index (χ4v) is 9.20. The minimum absolute atomic E-state index is 0.0374. The van der Waals surface area contributed by atoms with Crippen LogP contribution in [-0.2, 0) is 13.1 Å². The number of hydrogen-bond acceptors (Lipinski definition) is 4. The van der Waals surface area contributed by atoms with Gasteiger partial charge in [-0.1, -0.05) is 24.3 Å². The van der Waals surface area contributed by atoms with Crippen LogP contribution >= 0.6 is 127 Å². The molecule has 5 rings (SSSR count). The van der Waals surface area contributed by atoms with Gasteiger partial charge in [0.2, 0.25) is 0 Å². The van der Waals surface area contributed by atoms with Crippen LogP contribution in [0, 0.1) is 0 Å². The fourth-order valence-electron chi connectivity index (χ4n) is 4.28. The maximum atomic E-state index is 13.4. The second-order valence-electron chi connectivity index (χ2n) is 8.17. The van der Waals surface area contributed by atoms with Crippen molar-refractivity contribution >= 4 is 151 Å². The maximum absolute atomic E-state index is 13.4. The van der Waals surface area contributed by atoms with E-state index in [-0.39, 0.29) is 35.3 Å². The highest BCUT2D eigenvalue weighted by Crippen LogP contribution is 2.47. The number of halogens is 8. The molecule has 0 atom stereocenters. The molecule has 6 nitrogen and oxygen atoms in total. The fraction of sp³-hybridized carbons (Fsp3) is 0.0833. The first kappa shape index (κ1) is 29.3. The molecule has 0 N–H and O–H groups in total. The Labute approximate surface area is 283 Å². The summed E-state index contributed by atoms with van der Waals surface area (Å²) in [6.45, 7) is -0.0748. The lowest BCUT2D eigenvalue weighted by Gasteiger charge is -2.20. The number of benzene rings is 3. The average Bonchev–Trinajstić information content (AvgIpc) is 3.29. The molecule has 2 aliphatic rings. The van der Waals surface area contributed by atoms with Gasteiger partial charge in [-0.2, -0.15) is 0 Å². The van der Waals surface area contributed by atoms with Crippen LogP contribution in [0.25, 0.3) is 0 Å². The number of fused-ring (bicyclic) bond motifs is 2. The Kier molecular flexibility index (Phi) is 8.38. The average molecular weight is 1030 g/mol. The van der Waals surface area contributed by atoms with Crippen molar-refractivity contribution in [1.29, 1.82) is 0 Å². The number of carbonyl (C=O) groups is 4. The Morgan fingerprint density at radius 2 is 0.658 bits per heavy atom. The summed E-state index contributed by atoms with van der Waals surface area (Å²) < 4.78 is 4.29. The van der Waals surface area contributed by atoms with Crippen molar-refractivity contribution in [2.75, 3.05) is 0 Å². The van der Waals surface area contributed by atoms with E-state index in [1.807, 2.05) is 0 Å². The van der Waals surface area contributed by atoms with Crippen LogP contribution in [0.4, 0.5) is 0 Å². The molecule has 14 heteroatoms. The molecule has 0 aliphatic carbocycles. The van der Waals surface area contributed by atoms with E-state index in [1.54, 1.807) is 24.3 Å². The minimum Gasteiger partial charge on any atom is -0.270 e. The number of imide groups is 2. The highest BCUT2D eigenvalue weighted by molar-refractivity contribution is 9.15. The topological polar surface area (TPSA) is 74.8 Å². The van der Waals surface area contributed by atoms with Gasteiger partial charge in [-0.05, 0) is 139 Å². The summed E-state index contributed by atoms with van der Waals surface area (Å²) in [5.41, 5.74) is 2.26. The summed E-state index contributed by atoms with van der Waals surface area (Å²) >= 11 is 27.4. The van der Waals surface area contributed by atoms with Gasteiger partial charge >= 0.3 is 0 Å². The van der Waals surface area contributed by atoms with Gasteiger partial charge in [-0.3, -0.25) is 29.0 Å². The third kappa shape index (κ3) is 4.44. The van der Waals surface area contributed by atoms with Gasteiger partial charge in [-0.25, -0.2) is 0 Å². The van der Waals surface area contributed by atoms with Crippen LogP contribution in [0.15, 0.2) is 60.0 Å². The summed E-state index contributed by atoms with van der Waals surface area (Å²) in [5.74, 6) is -1.82. The molecule has 0 fully saturated rings. The van der Waals surface area contributed by atoms with Crippen molar-refractivity contribution in [3.8, 4) is 0 Å². The summed E-state index contributed by atoms with van der Waals surface area (Å²) in [6, 6.07) is 7.09. The summed E-state index contributed by atoms with van der Waals surface area (Å²) in [5, 5.41) is 0. The molecule has 194 valence electrons. The van der Waals surface area contributed by atoms with Gasteiger partial charge in [0.25, 0.3) is 23.6 Å². The molecule has 0 aromatic heterocycles. The van der Waals surface area contributed by atoms with Gasteiger partial charge in [0.05, 0.1) is 35.3 Å². The zero-order valence-corrected chi connectivity index (χ0v) is 31.0. The third-order valence-corrected chi connectivity index (χ3v) is 15.7. The Morgan fingerprint density at radius 3 is 0.895 bits per heavy atom. The van der Waals surface area contributed by atoms with Crippen LogP contribution in [0.1, 0.15) is 52.6 Å². The number of hydrogen-bond donors (Lipinski definition) is 0. The Bertz CT molecular complexity index is 1440. The van der Waals surface area contributed by atoms with Crippen molar-refractivity contribution in [1.82, 2.24) is 9.80 Å². The SMILES string of the molecule is O=C1c2c(Br)c(Br)c(Br)c(Br)c2C(=O)N1Cc1ccccc1CN1C(=O)c2c(Br)c(Br)c(Br)c(Br)c2C1=O. The van der Waals surface area contributed by atoms with Crippen molar-refractivity contribution < 1.29 is 19.2 Å². The predicted molar refractivity (Wildman–Crippen MR) is 169 cm³/mol. The molecule has 0 radical (unpaired) electrons. The first-order valence-corrected chi connectivity index (χ1v) is 16.7. The van der Waals surface area contributed by atoms with Gasteiger partial charge in [-0.15, -0.1) is 0 Å². The largest absolute Gasteiger partial charge is 0.270 e. The molecule has 38 heavy (non-hydrogen) atoms. The Balaban J connectivity index is 1.49. The number of rotatable bonds is 4. The van der Waals surface area contributed by atoms with Crippen molar-refractivity contribution in [3.05, 3.63) is 93.4 Å². The van der Waals surface area contributed by atoms with Crippen LogP contribution in [-0.4, -0.2) is 33.4 Å². The van der Waals surface area contributed by atoms with Crippen LogP contribution < -0.4 is 0 Å². The zero-order chi connectivity index (χ0) is 27.8. The second kappa shape index (κ2) is 10.9. The van der Waals surface area contributed by atoms with E-state index < -0.39 is 23.6 Å². The molecular weight excluding hydrogens is 1020 g/mol. The molecule has 3 aromatic carbocycles. The summed E-state index contributed by atoms with van der Waals surface area (Å²) in [6.07, 6.45) is 0. The standard InChI is InChI=1S/C24H8Br8N2O4/c25-13-9-10(14(26)18(30)17(13)29)22(36)33(21(9)35)5-7-3-1-2-4-8(7)6-34-23(37)11-12(24(34)38)16(28)20(32)19(31)15(11)27/h1-4H,5-6H2. The minimum atomic E-state index is -0.455. The molecule has 2 aliphatic heterocycles. The third-order valence-electron chi connectivity index (χ3n) is 6.15. The molecule has 0 spiro atoms. The Hall–Kier alpha value is -0.220. The molecule has 4 amide bonds. The lowest BCUT2D eigenvalue weighted by Crippen LogP contribution is -2.32. The van der Waals surface area contributed by atoms with E-state index in [0.717, 1.165) is 9.80 Å². The predicted octanol–water partition coefficient (Wildman–Crippen LogP) is 9.38. The van der Waals surface area contributed by atoms with Crippen molar-refractivity contribution in [2.45, 2.75) is 13.1 Å². The van der Waals surface area contributed by atoms with E-state index in [4.69, 9.17) is 0 Å². The first-order chi connectivity index (χ1) is 17.9. The number of nitrogens with zero attached hydrogens (tertiary/aromatic N) is 2. The van der Waals surface area contributed by atoms with Gasteiger partial charge in [0, 0.05) is 35.8 Å². The highest BCUT2D eigenvalue weighted by Gasteiger charge is 2.43. The lowest BCUT2D eigenvalue weighted by atomic mass is 10.1. The smallest absolute Gasteiger partial charge is 0.263 e. The second-order valence-corrected chi connectivity index (χ2v) is 14.5. The quantitative estimate of drug-likeness (QED) is 0.149. The monoisotopic (exact) mass is 1020 g/mol. The summed E-state index contributed by atoms with van der Waals surface area (Å²) in [4.78, 5) is 55.8. The molecule has 3 aromatic rings. The number of amides is 4. The van der Waals surface area contributed by atoms with Crippen LogP contribution in [0.2, 0.25) is 0 Å². The van der Waals surface area contributed by atoms with Crippen LogP contribution in [0.3, 0.4) is 0 Å². The van der Waals surface area contributed by atoms with Gasteiger partial charge in [0.15, 0.2) is 0 Å². The molecule has 0 saturated carbocycles. The molecular formula is C24H8Br8N2O4. The van der Waals surface area contributed by atoms with Crippen LogP contribution in [0.5, 0.6) is 0 Å². The summed E-state index contributed by atoms with van der Waals surface area (Å²) in [7, 11) is 0. The Morgan fingerprint density at radius 1 is 0.421 bits per heavy atom. The molecule has 0 unspecified atom stereocenters. The van der Waals surface area contributed by atoms with Gasteiger partial charge < -0.3 is 0 Å². The van der Waals surface area contributed by atoms with Gasteiger partial charge in [0.1, 0.15) is 0 Å². The first-order valence-electron chi connectivity index (χ1n) is 10.4. The van der Waals surface area contributed by atoms with E-state index in [0.29, 0.717) is 46.9 Å². The van der Waals surface area contributed by atoms with E-state index in [1.165, 1.54) is 0 Å². The zero-order valence-electron chi connectivity index (χ0n) is 18.3. The number of carbonyl (C=O) groups excluding carboxylic acids is 4. The highest BCUT2D eigenvalue weighted by atomic mass is 79.9. The normalized spacial score (nSPS) is 14.6. The maximum Gasteiger partial charge on any atom is 0.263 e. The van der Waals surface area contributed by atoms with E-state index in [2.05, 4.69) is 127 Å². The molecule has 2 heterocycles.